The van der Waals surface area contributed by atoms with E-state index in [0.717, 1.165) is 5.56 Å². The van der Waals surface area contributed by atoms with Crippen LogP contribution >= 0.6 is 0 Å². The Labute approximate surface area is 118 Å². The highest BCUT2D eigenvalue weighted by atomic mass is 19.1. The molecule has 0 aliphatic carbocycles. The van der Waals surface area contributed by atoms with Crippen LogP contribution in [-0.4, -0.2) is 43.2 Å². The fourth-order valence-corrected chi connectivity index (χ4v) is 2.35. The summed E-state index contributed by atoms with van der Waals surface area (Å²) in [6.45, 7) is 6.33. The molecule has 110 valence electrons. The Morgan fingerprint density at radius 3 is 2.45 bits per heavy atom. The summed E-state index contributed by atoms with van der Waals surface area (Å²) in [6, 6.07) is 6.06. The number of hydrogen-bond acceptors (Lipinski definition) is 3. The van der Waals surface area contributed by atoms with Crippen LogP contribution in [0.15, 0.2) is 24.3 Å². The van der Waals surface area contributed by atoms with Gasteiger partial charge in [-0.1, -0.05) is 12.1 Å². The van der Waals surface area contributed by atoms with Crippen molar-refractivity contribution < 1.29 is 13.9 Å². The maximum Gasteiger partial charge on any atom is 0.239 e. The standard InChI is InChI=1S/C15H21FN2O2/c1-11(13-3-5-14(16)6-4-13)17-12(2)15(19)18-7-9-20-10-8-18/h3-6,11-12,17H,7-10H2,1-2H3/t11-,12?/m1/s1. The van der Waals surface area contributed by atoms with Crippen molar-refractivity contribution in [1.82, 2.24) is 10.2 Å². The van der Waals surface area contributed by atoms with Gasteiger partial charge < -0.3 is 9.64 Å². The van der Waals surface area contributed by atoms with Crippen LogP contribution < -0.4 is 5.32 Å². The Morgan fingerprint density at radius 2 is 1.85 bits per heavy atom. The van der Waals surface area contributed by atoms with Gasteiger partial charge in [-0.2, -0.15) is 0 Å². The molecular weight excluding hydrogens is 259 g/mol. The molecule has 5 heteroatoms. The van der Waals surface area contributed by atoms with Crippen molar-refractivity contribution in [2.75, 3.05) is 26.3 Å². The predicted molar refractivity (Wildman–Crippen MR) is 74.8 cm³/mol. The third-order valence-electron chi connectivity index (χ3n) is 3.56. The lowest BCUT2D eigenvalue weighted by atomic mass is 10.1. The highest BCUT2D eigenvalue weighted by Crippen LogP contribution is 2.14. The van der Waals surface area contributed by atoms with Gasteiger partial charge in [-0.15, -0.1) is 0 Å². The molecule has 0 bridgehead atoms. The summed E-state index contributed by atoms with van der Waals surface area (Å²) in [4.78, 5) is 14.1. The van der Waals surface area contributed by atoms with Gasteiger partial charge in [-0.05, 0) is 31.5 Å². The van der Waals surface area contributed by atoms with E-state index in [1.165, 1.54) is 12.1 Å². The van der Waals surface area contributed by atoms with E-state index in [9.17, 15) is 9.18 Å². The first-order valence-corrected chi connectivity index (χ1v) is 6.96. The Morgan fingerprint density at radius 1 is 1.25 bits per heavy atom. The second-order valence-corrected chi connectivity index (χ2v) is 5.10. The van der Waals surface area contributed by atoms with E-state index in [-0.39, 0.29) is 23.8 Å². The summed E-state index contributed by atoms with van der Waals surface area (Å²) < 4.78 is 18.1. The number of benzene rings is 1. The van der Waals surface area contributed by atoms with Crippen LogP contribution in [0.5, 0.6) is 0 Å². The topological polar surface area (TPSA) is 41.6 Å². The first kappa shape index (κ1) is 14.9. The fourth-order valence-electron chi connectivity index (χ4n) is 2.35. The van der Waals surface area contributed by atoms with Gasteiger partial charge in [0.05, 0.1) is 19.3 Å². The first-order valence-electron chi connectivity index (χ1n) is 6.96. The predicted octanol–water partition coefficient (Wildman–Crippen LogP) is 1.72. The van der Waals surface area contributed by atoms with E-state index in [4.69, 9.17) is 4.74 Å². The SMILES string of the molecule is CC(N[C@H](C)c1ccc(F)cc1)C(=O)N1CCOCC1. The number of carbonyl (C=O) groups is 1. The maximum absolute atomic E-state index is 12.9. The summed E-state index contributed by atoms with van der Waals surface area (Å²) in [6.07, 6.45) is 0. The average molecular weight is 280 g/mol. The number of morpholine rings is 1. The van der Waals surface area contributed by atoms with Gasteiger partial charge in [0.1, 0.15) is 5.82 Å². The zero-order valence-corrected chi connectivity index (χ0v) is 11.9. The molecule has 0 saturated carbocycles. The molecule has 0 aromatic heterocycles. The normalized spacial score (nSPS) is 18.6. The van der Waals surface area contributed by atoms with Crippen LogP contribution in [0, 0.1) is 5.82 Å². The van der Waals surface area contributed by atoms with Crippen molar-refractivity contribution in [3.63, 3.8) is 0 Å². The van der Waals surface area contributed by atoms with Crippen molar-refractivity contribution in [2.45, 2.75) is 25.9 Å². The van der Waals surface area contributed by atoms with Crippen LogP contribution in [0.25, 0.3) is 0 Å². The molecule has 2 rings (SSSR count). The molecule has 1 heterocycles. The quantitative estimate of drug-likeness (QED) is 0.913. The molecule has 0 radical (unpaired) electrons. The van der Waals surface area contributed by atoms with Gasteiger partial charge in [0.2, 0.25) is 5.91 Å². The van der Waals surface area contributed by atoms with E-state index < -0.39 is 0 Å². The van der Waals surface area contributed by atoms with Crippen LogP contribution in [0.4, 0.5) is 4.39 Å². The molecule has 1 aromatic carbocycles. The second kappa shape index (κ2) is 6.81. The largest absolute Gasteiger partial charge is 0.378 e. The molecule has 4 nitrogen and oxygen atoms in total. The minimum atomic E-state index is -0.270. The second-order valence-electron chi connectivity index (χ2n) is 5.10. The van der Waals surface area contributed by atoms with Crippen molar-refractivity contribution in [3.8, 4) is 0 Å². The zero-order valence-electron chi connectivity index (χ0n) is 11.9. The zero-order chi connectivity index (χ0) is 14.5. The number of ether oxygens (including phenoxy) is 1. The van der Waals surface area contributed by atoms with E-state index in [2.05, 4.69) is 5.32 Å². The molecule has 1 N–H and O–H groups in total. The molecular formula is C15H21FN2O2. The van der Waals surface area contributed by atoms with Crippen LogP contribution in [-0.2, 0) is 9.53 Å². The molecule has 1 aliphatic rings. The highest BCUT2D eigenvalue weighted by molar-refractivity contribution is 5.81. The molecule has 2 atom stereocenters. The number of carbonyl (C=O) groups excluding carboxylic acids is 1. The van der Waals surface area contributed by atoms with Gasteiger partial charge in [0.15, 0.2) is 0 Å². The summed E-state index contributed by atoms with van der Waals surface area (Å²) in [5.74, 6) is -0.166. The van der Waals surface area contributed by atoms with Gasteiger partial charge in [-0.25, -0.2) is 4.39 Å². The number of amides is 1. The molecule has 1 aliphatic heterocycles. The Hall–Kier alpha value is -1.46. The summed E-state index contributed by atoms with van der Waals surface area (Å²) >= 11 is 0. The van der Waals surface area contributed by atoms with Gasteiger partial charge in [-0.3, -0.25) is 10.1 Å². The lowest BCUT2D eigenvalue weighted by Gasteiger charge is -2.30. The lowest BCUT2D eigenvalue weighted by Crippen LogP contribution is -2.49. The molecule has 1 saturated heterocycles. The van der Waals surface area contributed by atoms with Crippen LogP contribution in [0.3, 0.4) is 0 Å². The number of nitrogens with one attached hydrogen (secondary N) is 1. The van der Waals surface area contributed by atoms with Crippen molar-refractivity contribution in [3.05, 3.63) is 35.6 Å². The molecule has 1 fully saturated rings. The average Bonchev–Trinajstić information content (AvgIpc) is 2.48. The molecule has 1 amide bonds. The van der Waals surface area contributed by atoms with Gasteiger partial charge in [0, 0.05) is 19.1 Å². The number of rotatable bonds is 4. The Bertz CT molecular complexity index is 444. The lowest BCUT2D eigenvalue weighted by molar-refractivity contribution is -0.137. The number of nitrogens with zero attached hydrogens (tertiary/aromatic N) is 1. The molecule has 1 unspecified atom stereocenters. The summed E-state index contributed by atoms with van der Waals surface area (Å²) in [7, 11) is 0. The minimum Gasteiger partial charge on any atom is -0.378 e. The summed E-state index contributed by atoms with van der Waals surface area (Å²) in [5, 5.41) is 3.26. The van der Waals surface area contributed by atoms with Crippen LogP contribution in [0.1, 0.15) is 25.5 Å². The van der Waals surface area contributed by atoms with Crippen molar-refractivity contribution in [2.24, 2.45) is 0 Å². The number of halogens is 1. The highest BCUT2D eigenvalue weighted by Gasteiger charge is 2.23. The Kier molecular flexibility index (Phi) is 5.09. The first-order chi connectivity index (χ1) is 9.58. The maximum atomic E-state index is 12.9. The summed E-state index contributed by atoms with van der Waals surface area (Å²) in [5.41, 5.74) is 0.966. The van der Waals surface area contributed by atoms with Crippen molar-refractivity contribution >= 4 is 5.91 Å². The Balaban J connectivity index is 1.91. The van der Waals surface area contributed by atoms with E-state index >= 15 is 0 Å². The number of hydrogen-bond donors (Lipinski definition) is 1. The fraction of sp³-hybridized carbons (Fsp3) is 0.533. The monoisotopic (exact) mass is 280 g/mol. The van der Waals surface area contributed by atoms with E-state index in [0.29, 0.717) is 26.3 Å². The molecule has 1 aromatic rings. The van der Waals surface area contributed by atoms with Crippen LogP contribution in [0.2, 0.25) is 0 Å². The molecule has 20 heavy (non-hydrogen) atoms. The third kappa shape index (κ3) is 3.77. The van der Waals surface area contributed by atoms with Gasteiger partial charge >= 0.3 is 0 Å². The smallest absolute Gasteiger partial charge is 0.239 e. The van der Waals surface area contributed by atoms with Gasteiger partial charge in [0.25, 0.3) is 0 Å². The molecule has 0 spiro atoms. The van der Waals surface area contributed by atoms with E-state index in [1.54, 1.807) is 12.1 Å². The van der Waals surface area contributed by atoms with Crippen molar-refractivity contribution in [1.29, 1.82) is 0 Å². The van der Waals surface area contributed by atoms with E-state index in [1.807, 2.05) is 18.7 Å². The minimum absolute atomic E-state index is 0.00408. The third-order valence-corrected chi connectivity index (χ3v) is 3.56.